The van der Waals surface area contributed by atoms with Crippen molar-refractivity contribution in [1.29, 1.82) is 0 Å². The van der Waals surface area contributed by atoms with Crippen molar-refractivity contribution in [3.63, 3.8) is 0 Å². The third-order valence-electron chi connectivity index (χ3n) is 4.01. The first-order valence-electron chi connectivity index (χ1n) is 8.05. The lowest BCUT2D eigenvalue weighted by molar-refractivity contribution is 0.0952. The van der Waals surface area contributed by atoms with Gasteiger partial charge in [-0.2, -0.15) is 0 Å². The van der Waals surface area contributed by atoms with Gasteiger partial charge >= 0.3 is 0 Å². The minimum absolute atomic E-state index is 0.0647. The van der Waals surface area contributed by atoms with E-state index in [0.717, 1.165) is 36.4 Å². The van der Waals surface area contributed by atoms with Gasteiger partial charge in [-0.1, -0.05) is 0 Å². The largest absolute Gasteiger partial charge is 0.468 e. The number of carbonyl (C=O) groups is 1. The fraction of sp³-hybridized carbons (Fsp3) is 0.105. The van der Waals surface area contributed by atoms with E-state index in [1.54, 1.807) is 0 Å². The Hall–Kier alpha value is -3.07. The van der Waals surface area contributed by atoms with Crippen molar-refractivity contribution < 1.29 is 30.8 Å². The summed E-state index contributed by atoms with van der Waals surface area (Å²) >= 11 is 0. The predicted molar refractivity (Wildman–Crippen MR) is 93.7 cm³/mol. The van der Waals surface area contributed by atoms with Crippen molar-refractivity contribution in [1.82, 2.24) is 5.32 Å². The topological polar surface area (TPSA) is 76.4 Å². The van der Waals surface area contributed by atoms with E-state index >= 15 is 0 Å². The summed E-state index contributed by atoms with van der Waals surface area (Å²) in [5.41, 5.74) is -0.170. The van der Waals surface area contributed by atoms with Crippen molar-refractivity contribution in [3.8, 4) is 0 Å². The second-order valence-electron chi connectivity index (χ2n) is 5.84. The SMILES string of the molecule is O=C(NC[C@@H](c1ccco1)S(=O)(=O)c1ccc(F)cc1)c1ccc(F)c(F)c1. The van der Waals surface area contributed by atoms with Crippen molar-refractivity contribution in [2.24, 2.45) is 0 Å². The lowest BCUT2D eigenvalue weighted by Crippen LogP contribution is -2.32. The molecule has 3 aromatic rings. The molecule has 0 spiro atoms. The van der Waals surface area contributed by atoms with E-state index in [9.17, 15) is 26.4 Å². The van der Waals surface area contributed by atoms with Gasteiger partial charge < -0.3 is 9.73 Å². The average Bonchev–Trinajstić information content (AvgIpc) is 3.18. The van der Waals surface area contributed by atoms with Crippen LogP contribution in [0.5, 0.6) is 0 Å². The second-order valence-corrected chi connectivity index (χ2v) is 7.97. The first-order chi connectivity index (χ1) is 13.3. The summed E-state index contributed by atoms with van der Waals surface area (Å²) < 4.78 is 70.5. The van der Waals surface area contributed by atoms with Crippen LogP contribution in [0.3, 0.4) is 0 Å². The molecule has 1 N–H and O–H groups in total. The number of amides is 1. The summed E-state index contributed by atoms with van der Waals surface area (Å²) in [6, 6.07) is 9.72. The average molecular weight is 409 g/mol. The van der Waals surface area contributed by atoms with Gasteiger partial charge in [0, 0.05) is 12.1 Å². The second kappa shape index (κ2) is 7.89. The van der Waals surface area contributed by atoms with E-state index in [1.807, 2.05) is 0 Å². The third-order valence-corrected chi connectivity index (χ3v) is 6.08. The van der Waals surface area contributed by atoms with Gasteiger partial charge in [-0.05, 0) is 54.6 Å². The Balaban J connectivity index is 1.86. The van der Waals surface area contributed by atoms with Crippen molar-refractivity contribution in [2.75, 3.05) is 6.54 Å². The third kappa shape index (κ3) is 4.09. The summed E-state index contributed by atoms with van der Waals surface area (Å²) in [7, 11) is -4.04. The molecule has 0 radical (unpaired) electrons. The maximum absolute atomic E-state index is 13.3. The fourth-order valence-corrected chi connectivity index (χ4v) is 4.14. The molecule has 0 unspecified atom stereocenters. The first-order valence-corrected chi connectivity index (χ1v) is 9.60. The zero-order valence-corrected chi connectivity index (χ0v) is 15.0. The lowest BCUT2D eigenvalue weighted by atomic mass is 10.2. The van der Waals surface area contributed by atoms with Crippen molar-refractivity contribution in [2.45, 2.75) is 10.1 Å². The summed E-state index contributed by atoms with van der Waals surface area (Å²) in [4.78, 5) is 12.1. The van der Waals surface area contributed by atoms with Gasteiger partial charge in [-0.3, -0.25) is 4.79 Å². The van der Waals surface area contributed by atoms with Crippen molar-refractivity contribution >= 4 is 15.7 Å². The predicted octanol–water partition coefficient (Wildman–Crippen LogP) is 3.64. The van der Waals surface area contributed by atoms with Crippen LogP contribution in [0.25, 0.3) is 0 Å². The van der Waals surface area contributed by atoms with Crippen LogP contribution in [-0.4, -0.2) is 20.9 Å². The van der Waals surface area contributed by atoms with E-state index in [2.05, 4.69) is 5.32 Å². The molecule has 5 nitrogen and oxygen atoms in total. The molecule has 1 atom stereocenters. The number of sulfone groups is 1. The van der Waals surface area contributed by atoms with E-state index < -0.39 is 45.0 Å². The summed E-state index contributed by atoms with van der Waals surface area (Å²) in [5.74, 6) is -3.63. The lowest BCUT2D eigenvalue weighted by Gasteiger charge is -2.17. The van der Waals surface area contributed by atoms with Crippen LogP contribution in [-0.2, 0) is 9.84 Å². The number of nitrogens with one attached hydrogen (secondary N) is 1. The molecule has 0 saturated heterocycles. The van der Waals surface area contributed by atoms with Crippen LogP contribution in [0.1, 0.15) is 21.4 Å². The highest BCUT2D eigenvalue weighted by atomic mass is 32.2. The molecule has 9 heteroatoms. The Kier molecular flexibility index (Phi) is 5.55. The van der Waals surface area contributed by atoms with Crippen LogP contribution in [0.15, 0.2) is 70.2 Å². The highest BCUT2D eigenvalue weighted by Crippen LogP contribution is 2.29. The standard InChI is InChI=1S/C19H14F3NO4S/c20-13-4-6-14(7-5-13)28(25,26)18(17-2-1-9-27-17)11-23-19(24)12-3-8-15(21)16(22)10-12/h1-10,18H,11H2,(H,23,24)/t18-/m0/s1. The quantitative estimate of drug-likeness (QED) is 0.631. The van der Waals surface area contributed by atoms with Gasteiger partial charge in [0.2, 0.25) is 0 Å². The van der Waals surface area contributed by atoms with E-state index in [1.165, 1.54) is 18.4 Å². The molecule has 0 bridgehead atoms. The van der Waals surface area contributed by atoms with Crippen molar-refractivity contribution in [3.05, 3.63) is 89.6 Å². The Morgan fingerprint density at radius 2 is 1.71 bits per heavy atom. The molecule has 2 aromatic carbocycles. The van der Waals surface area contributed by atoms with Gasteiger partial charge in [-0.25, -0.2) is 21.6 Å². The van der Waals surface area contributed by atoms with E-state index in [0.29, 0.717) is 6.07 Å². The fourth-order valence-electron chi connectivity index (χ4n) is 2.55. The Morgan fingerprint density at radius 1 is 1.00 bits per heavy atom. The Morgan fingerprint density at radius 3 is 2.32 bits per heavy atom. The van der Waals surface area contributed by atoms with E-state index in [-0.39, 0.29) is 16.2 Å². The van der Waals surface area contributed by atoms with Gasteiger partial charge in [0.15, 0.2) is 21.5 Å². The summed E-state index contributed by atoms with van der Waals surface area (Å²) in [6.45, 7) is -0.398. The number of furan rings is 1. The number of rotatable bonds is 6. The monoisotopic (exact) mass is 409 g/mol. The van der Waals surface area contributed by atoms with Crippen LogP contribution in [0.2, 0.25) is 0 Å². The summed E-state index contributed by atoms with van der Waals surface area (Å²) in [5, 5.41) is 1.08. The minimum atomic E-state index is -4.04. The van der Waals surface area contributed by atoms with E-state index in [4.69, 9.17) is 4.42 Å². The molecule has 0 aliphatic heterocycles. The van der Waals surface area contributed by atoms with Crippen LogP contribution >= 0.6 is 0 Å². The van der Waals surface area contributed by atoms with Crippen LogP contribution in [0.4, 0.5) is 13.2 Å². The smallest absolute Gasteiger partial charge is 0.251 e. The zero-order valence-electron chi connectivity index (χ0n) is 14.2. The number of hydrogen-bond donors (Lipinski definition) is 1. The maximum Gasteiger partial charge on any atom is 0.251 e. The molecule has 0 aliphatic carbocycles. The number of halogens is 3. The van der Waals surface area contributed by atoms with Gasteiger partial charge in [-0.15, -0.1) is 0 Å². The molecule has 3 rings (SSSR count). The molecule has 0 aliphatic rings. The van der Waals surface area contributed by atoms with Crippen LogP contribution in [0, 0.1) is 17.5 Å². The van der Waals surface area contributed by atoms with Crippen LogP contribution < -0.4 is 5.32 Å². The molecule has 0 saturated carbocycles. The maximum atomic E-state index is 13.3. The number of benzene rings is 2. The van der Waals surface area contributed by atoms with Gasteiger partial charge in [0.05, 0.1) is 11.2 Å². The highest BCUT2D eigenvalue weighted by molar-refractivity contribution is 7.91. The molecule has 28 heavy (non-hydrogen) atoms. The molecule has 1 aromatic heterocycles. The number of carbonyl (C=O) groups excluding carboxylic acids is 1. The molecule has 146 valence electrons. The molecular weight excluding hydrogens is 395 g/mol. The Bertz CT molecular complexity index is 1080. The molecule has 1 heterocycles. The zero-order chi connectivity index (χ0) is 20.3. The normalized spacial score (nSPS) is 12.5. The minimum Gasteiger partial charge on any atom is -0.468 e. The molecular formula is C19H14F3NO4S. The first kappa shape index (κ1) is 19.7. The van der Waals surface area contributed by atoms with Gasteiger partial charge in [0.25, 0.3) is 5.91 Å². The number of hydrogen-bond acceptors (Lipinski definition) is 4. The molecule has 0 fully saturated rings. The van der Waals surface area contributed by atoms with Gasteiger partial charge in [0.1, 0.15) is 16.8 Å². The summed E-state index contributed by atoms with van der Waals surface area (Å²) in [6.07, 6.45) is 1.28. The Labute approximate surface area is 158 Å². The molecule has 1 amide bonds. The highest BCUT2D eigenvalue weighted by Gasteiger charge is 2.32.